The van der Waals surface area contributed by atoms with E-state index in [1.54, 1.807) is 0 Å². The summed E-state index contributed by atoms with van der Waals surface area (Å²) in [7, 11) is 2.06. The number of hydrogen-bond donors (Lipinski definition) is 1. The fourth-order valence-electron chi connectivity index (χ4n) is 2.74. The van der Waals surface area contributed by atoms with Crippen LogP contribution in [0.5, 0.6) is 0 Å². The average molecular weight is 207 g/mol. The Labute approximate surface area is 91.7 Å². The van der Waals surface area contributed by atoms with Crippen LogP contribution in [-0.4, -0.2) is 16.3 Å². The number of aromatic nitrogens is 2. The lowest BCUT2D eigenvalue weighted by molar-refractivity contribution is 0.422. The van der Waals surface area contributed by atoms with Crippen molar-refractivity contribution in [3.63, 3.8) is 0 Å². The summed E-state index contributed by atoms with van der Waals surface area (Å²) >= 11 is 0. The topological polar surface area (TPSA) is 43.8 Å². The van der Waals surface area contributed by atoms with Crippen molar-refractivity contribution in [1.29, 1.82) is 0 Å². The van der Waals surface area contributed by atoms with Crippen LogP contribution in [0.1, 0.15) is 49.3 Å². The van der Waals surface area contributed by atoms with Gasteiger partial charge in [0.25, 0.3) is 0 Å². The van der Waals surface area contributed by atoms with Crippen molar-refractivity contribution in [2.75, 3.05) is 6.54 Å². The van der Waals surface area contributed by atoms with Crippen LogP contribution in [0.3, 0.4) is 0 Å². The lowest BCUT2D eigenvalue weighted by Gasteiger charge is -2.23. The molecule has 15 heavy (non-hydrogen) atoms. The summed E-state index contributed by atoms with van der Waals surface area (Å²) in [5.74, 6) is 0.729. The van der Waals surface area contributed by atoms with E-state index in [1.165, 1.54) is 43.4 Å². The standard InChI is InChI=1S/C12H21N3/c1-15-12(10-5-3-2-4-6-10)11(7-8-13)9-14-15/h9-10H,2-8,13H2,1H3. The maximum absolute atomic E-state index is 5.63. The van der Waals surface area contributed by atoms with Gasteiger partial charge in [0.05, 0.1) is 6.20 Å². The smallest absolute Gasteiger partial charge is 0.0525 e. The molecular formula is C12H21N3. The number of rotatable bonds is 3. The number of hydrogen-bond acceptors (Lipinski definition) is 2. The Kier molecular flexibility index (Phi) is 3.41. The largest absolute Gasteiger partial charge is 0.330 e. The summed E-state index contributed by atoms with van der Waals surface area (Å²) in [5, 5.41) is 4.37. The molecule has 1 fully saturated rings. The van der Waals surface area contributed by atoms with E-state index in [4.69, 9.17) is 5.73 Å². The van der Waals surface area contributed by atoms with Crippen molar-refractivity contribution >= 4 is 0 Å². The summed E-state index contributed by atoms with van der Waals surface area (Å²) in [6, 6.07) is 0. The van der Waals surface area contributed by atoms with Crippen molar-refractivity contribution in [3.8, 4) is 0 Å². The second-order valence-corrected chi connectivity index (χ2v) is 4.55. The van der Waals surface area contributed by atoms with Gasteiger partial charge in [-0.25, -0.2) is 0 Å². The molecule has 0 saturated heterocycles. The van der Waals surface area contributed by atoms with Crippen LogP contribution in [-0.2, 0) is 13.5 Å². The quantitative estimate of drug-likeness (QED) is 0.823. The first-order valence-electron chi connectivity index (χ1n) is 6.03. The van der Waals surface area contributed by atoms with Gasteiger partial charge in [0.2, 0.25) is 0 Å². The van der Waals surface area contributed by atoms with Gasteiger partial charge in [-0.3, -0.25) is 4.68 Å². The van der Waals surface area contributed by atoms with Crippen LogP contribution in [0.4, 0.5) is 0 Å². The normalized spacial score (nSPS) is 18.3. The third-order valence-corrected chi connectivity index (χ3v) is 3.47. The minimum absolute atomic E-state index is 0.728. The lowest BCUT2D eigenvalue weighted by atomic mass is 9.85. The molecule has 1 aromatic rings. The molecule has 3 nitrogen and oxygen atoms in total. The molecule has 0 bridgehead atoms. The van der Waals surface area contributed by atoms with Crippen molar-refractivity contribution in [1.82, 2.24) is 9.78 Å². The molecule has 3 heteroatoms. The van der Waals surface area contributed by atoms with Crippen LogP contribution in [0, 0.1) is 0 Å². The number of nitrogens with zero attached hydrogens (tertiary/aromatic N) is 2. The van der Waals surface area contributed by atoms with Crippen LogP contribution < -0.4 is 5.73 Å². The van der Waals surface area contributed by atoms with E-state index in [0.29, 0.717) is 0 Å². The predicted molar refractivity (Wildman–Crippen MR) is 61.8 cm³/mol. The van der Waals surface area contributed by atoms with Gasteiger partial charge < -0.3 is 5.73 Å². The maximum atomic E-state index is 5.63. The Morgan fingerprint density at radius 3 is 2.80 bits per heavy atom. The highest BCUT2D eigenvalue weighted by Crippen LogP contribution is 2.34. The molecule has 1 aliphatic rings. The van der Waals surface area contributed by atoms with E-state index < -0.39 is 0 Å². The monoisotopic (exact) mass is 207 g/mol. The van der Waals surface area contributed by atoms with Gasteiger partial charge in [-0.1, -0.05) is 19.3 Å². The van der Waals surface area contributed by atoms with Gasteiger partial charge in [0, 0.05) is 18.7 Å². The highest BCUT2D eigenvalue weighted by Gasteiger charge is 2.21. The van der Waals surface area contributed by atoms with Gasteiger partial charge in [-0.15, -0.1) is 0 Å². The zero-order chi connectivity index (χ0) is 10.7. The predicted octanol–water partition coefficient (Wildman–Crippen LogP) is 1.97. The van der Waals surface area contributed by atoms with Crippen LogP contribution in [0.15, 0.2) is 6.20 Å². The molecule has 1 saturated carbocycles. The van der Waals surface area contributed by atoms with Gasteiger partial charge >= 0.3 is 0 Å². The van der Waals surface area contributed by atoms with Crippen molar-refractivity contribution in [2.45, 2.75) is 44.4 Å². The van der Waals surface area contributed by atoms with Crippen LogP contribution in [0.25, 0.3) is 0 Å². The molecule has 0 radical (unpaired) electrons. The SMILES string of the molecule is Cn1ncc(CCN)c1C1CCCCC1. The molecule has 1 heterocycles. The zero-order valence-corrected chi connectivity index (χ0v) is 9.58. The summed E-state index contributed by atoms with van der Waals surface area (Å²) in [6.45, 7) is 0.728. The van der Waals surface area contributed by atoms with Crippen molar-refractivity contribution in [2.24, 2.45) is 12.8 Å². The molecule has 1 aromatic heterocycles. The van der Waals surface area contributed by atoms with E-state index in [9.17, 15) is 0 Å². The highest BCUT2D eigenvalue weighted by atomic mass is 15.3. The Hall–Kier alpha value is -0.830. The van der Waals surface area contributed by atoms with Crippen LogP contribution in [0.2, 0.25) is 0 Å². The highest BCUT2D eigenvalue weighted by molar-refractivity contribution is 5.22. The summed E-state index contributed by atoms with van der Waals surface area (Å²) in [5.41, 5.74) is 8.44. The first kappa shape index (κ1) is 10.7. The average Bonchev–Trinajstić information content (AvgIpc) is 2.62. The molecule has 1 aliphatic carbocycles. The van der Waals surface area contributed by atoms with Gasteiger partial charge in [-0.05, 0) is 31.4 Å². The van der Waals surface area contributed by atoms with E-state index >= 15 is 0 Å². The Morgan fingerprint density at radius 2 is 2.13 bits per heavy atom. The first-order chi connectivity index (χ1) is 7.33. The first-order valence-corrected chi connectivity index (χ1v) is 6.03. The van der Waals surface area contributed by atoms with E-state index in [-0.39, 0.29) is 0 Å². The van der Waals surface area contributed by atoms with Gasteiger partial charge in [0.1, 0.15) is 0 Å². The molecule has 0 unspecified atom stereocenters. The lowest BCUT2D eigenvalue weighted by Crippen LogP contribution is -2.13. The van der Waals surface area contributed by atoms with Crippen molar-refractivity contribution < 1.29 is 0 Å². The molecule has 0 spiro atoms. The molecule has 2 rings (SSSR count). The summed E-state index contributed by atoms with van der Waals surface area (Å²) in [4.78, 5) is 0. The Bertz CT molecular complexity index is 311. The van der Waals surface area contributed by atoms with Gasteiger partial charge in [-0.2, -0.15) is 5.10 Å². The van der Waals surface area contributed by atoms with Crippen LogP contribution >= 0.6 is 0 Å². The molecular weight excluding hydrogens is 186 g/mol. The van der Waals surface area contributed by atoms with E-state index in [1.807, 2.05) is 6.20 Å². The Balaban J connectivity index is 2.19. The molecule has 0 aliphatic heterocycles. The second-order valence-electron chi connectivity index (χ2n) is 4.55. The fraction of sp³-hybridized carbons (Fsp3) is 0.750. The molecule has 0 aromatic carbocycles. The number of nitrogens with two attached hydrogens (primary N) is 1. The van der Waals surface area contributed by atoms with E-state index in [0.717, 1.165) is 18.9 Å². The van der Waals surface area contributed by atoms with Gasteiger partial charge in [0.15, 0.2) is 0 Å². The Morgan fingerprint density at radius 1 is 1.40 bits per heavy atom. The van der Waals surface area contributed by atoms with Crippen molar-refractivity contribution in [3.05, 3.63) is 17.5 Å². The second kappa shape index (κ2) is 4.79. The summed E-state index contributed by atoms with van der Waals surface area (Å²) < 4.78 is 2.06. The molecule has 84 valence electrons. The molecule has 0 atom stereocenters. The third-order valence-electron chi connectivity index (χ3n) is 3.47. The molecule has 2 N–H and O–H groups in total. The van der Waals surface area contributed by atoms with E-state index in [2.05, 4.69) is 16.8 Å². The summed E-state index contributed by atoms with van der Waals surface area (Å²) in [6.07, 6.45) is 9.78. The third kappa shape index (κ3) is 2.23. The molecule has 0 amide bonds. The maximum Gasteiger partial charge on any atom is 0.0525 e. The fourth-order valence-corrected chi connectivity index (χ4v) is 2.74. The zero-order valence-electron chi connectivity index (χ0n) is 9.58. The number of aryl methyl sites for hydroxylation is 1. The minimum Gasteiger partial charge on any atom is -0.330 e. The minimum atomic E-state index is 0.728.